The number of methoxy groups -OCH3 is 1. The summed E-state index contributed by atoms with van der Waals surface area (Å²) in [4.78, 5) is 27.4. The Morgan fingerprint density at radius 3 is 2.38 bits per heavy atom. The molecule has 0 aliphatic carbocycles. The molecule has 2 saturated heterocycles. The normalized spacial score (nSPS) is 16.6. The molecule has 3 heterocycles. The van der Waals surface area contributed by atoms with Crippen molar-refractivity contribution in [2.45, 2.75) is 19.1 Å². The minimum atomic E-state index is -0.489. The van der Waals surface area contributed by atoms with Gasteiger partial charge in [0.1, 0.15) is 18.9 Å². The first-order chi connectivity index (χ1) is 15.5. The summed E-state index contributed by atoms with van der Waals surface area (Å²) in [6.45, 7) is 5.33. The van der Waals surface area contributed by atoms with Crippen molar-refractivity contribution in [1.82, 2.24) is 9.97 Å². The summed E-state index contributed by atoms with van der Waals surface area (Å²) in [6.07, 6.45) is 3.89. The number of piperazine rings is 1. The van der Waals surface area contributed by atoms with E-state index in [0.29, 0.717) is 0 Å². The smallest absolute Gasteiger partial charge is 0.313 e. The fraction of sp³-hybridized carbons (Fsp3) is 0.455. The van der Waals surface area contributed by atoms with E-state index in [1.807, 2.05) is 30.6 Å². The predicted octanol–water partition coefficient (Wildman–Crippen LogP) is 1.01. The maximum Gasteiger partial charge on any atom is 0.313 e. The number of nitrogens with one attached hydrogen (secondary N) is 1. The van der Waals surface area contributed by atoms with Gasteiger partial charge in [-0.2, -0.15) is 0 Å². The lowest BCUT2D eigenvalue weighted by Gasteiger charge is -2.39. The molecule has 3 N–H and O–H groups in total. The van der Waals surface area contributed by atoms with E-state index in [4.69, 9.17) is 20.6 Å². The molecule has 0 saturated carbocycles. The predicted molar refractivity (Wildman–Crippen MR) is 122 cm³/mol. The first-order valence-electron chi connectivity index (χ1n) is 10.7. The van der Waals surface area contributed by atoms with Crippen molar-refractivity contribution < 1.29 is 14.3 Å². The monoisotopic (exact) mass is 439 g/mol. The molecule has 1 aromatic carbocycles. The molecule has 1 aromatic heterocycles. The molecule has 170 valence electrons. The summed E-state index contributed by atoms with van der Waals surface area (Å²) in [5.74, 6) is 0.0702. The van der Waals surface area contributed by atoms with Gasteiger partial charge in [-0.1, -0.05) is 12.1 Å². The van der Waals surface area contributed by atoms with Gasteiger partial charge in [0.05, 0.1) is 24.2 Å². The van der Waals surface area contributed by atoms with E-state index in [2.05, 4.69) is 30.7 Å². The summed E-state index contributed by atoms with van der Waals surface area (Å²) >= 11 is 0. The summed E-state index contributed by atoms with van der Waals surface area (Å²) in [5.41, 5.74) is 8.27. The zero-order chi connectivity index (χ0) is 22.5. The van der Waals surface area contributed by atoms with Gasteiger partial charge in [0.25, 0.3) is 0 Å². The maximum atomic E-state index is 11.6. The molecule has 0 radical (unpaired) electrons. The molecule has 0 bridgehead atoms. The Hall–Kier alpha value is -3.40. The summed E-state index contributed by atoms with van der Waals surface area (Å²) in [5, 5.41) is 7.16. The molecule has 0 unspecified atom stereocenters. The van der Waals surface area contributed by atoms with Crippen molar-refractivity contribution in [3.63, 3.8) is 0 Å². The lowest BCUT2D eigenvalue weighted by Crippen LogP contribution is -2.52. The number of hydrogen-bond acceptors (Lipinski definition) is 9. The van der Waals surface area contributed by atoms with Gasteiger partial charge in [-0.05, 0) is 17.7 Å². The van der Waals surface area contributed by atoms with Crippen molar-refractivity contribution in [3.8, 4) is 0 Å². The molecule has 2 aliphatic rings. The molecule has 0 atom stereocenters. The van der Waals surface area contributed by atoms with Crippen LogP contribution in [-0.4, -0.2) is 74.3 Å². The topological polar surface area (TPSA) is 121 Å². The molecule has 10 heteroatoms. The fourth-order valence-corrected chi connectivity index (χ4v) is 3.83. The van der Waals surface area contributed by atoms with Gasteiger partial charge in [-0.3, -0.25) is 10.2 Å². The molecule has 2 aliphatic heterocycles. The van der Waals surface area contributed by atoms with Crippen molar-refractivity contribution in [2.24, 2.45) is 5.73 Å². The van der Waals surface area contributed by atoms with Crippen LogP contribution in [0.1, 0.15) is 12.0 Å². The minimum absolute atomic E-state index is 0.172. The fourth-order valence-electron chi connectivity index (χ4n) is 3.83. The molecular formula is C22H29N7O3. The molecule has 32 heavy (non-hydrogen) atoms. The first-order valence-corrected chi connectivity index (χ1v) is 10.7. The SMILES string of the molecule is COC1CN(c2ncc(N3CCN(c4cccc(COC(=O)CC(=N)N)c4)CC3)cn2)C1. The van der Waals surface area contributed by atoms with Gasteiger partial charge in [0.2, 0.25) is 5.95 Å². The van der Waals surface area contributed by atoms with Crippen LogP contribution in [0.5, 0.6) is 0 Å². The number of anilines is 3. The third-order valence-corrected chi connectivity index (χ3v) is 5.74. The second kappa shape index (κ2) is 9.82. The van der Waals surface area contributed by atoms with Gasteiger partial charge >= 0.3 is 5.97 Å². The van der Waals surface area contributed by atoms with E-state index in [1.54, 1.807) is 7.11 Å². The van der Waals surface area contributed by atoms with E-state index >= 15 is 0 Å². The van der Waals surface area contributed by atoms with Crippen LogP contribution < -0.4 is 20.4 Å². The zero-order valence-electron chi connectivity index (χ0n) is 18.2. The molecule has 0 spiro atoms. The van der Waals surface area contributed by atoms with Crippen molar-refractivity contribution in [2.75, 3.05) is 61.1 Å². The van der Waals surface area contributed by atoms with Gasteiger partial charge in [-0.25, -0.2) is 9.97 Å². The first kappa shape index (κ1) is 21.8. The lowest BCUT2D eigenvalue weighted by molar-refractivity contribution is -0.143. The third-order valence-electron chi connectivity index (χ3n) is 5.74. The maximum absolute atomic E-state index is 11.6. The molecule has 10 nitrogen and oxygen atoms in total. The van der Waals surface area contributed by atoms with Crippen LogP contribution in [0, 0.1) is 5.41 Å². The second-order valence-electron chi connectivity index (χ2n) is 8.01. The van der Waals surface area contributed by atoms with Crippen LogP contribution >= 0.6 is 0 Å². The van der Waals surface area contributed by atoms with E-state index in [1.165, 1.54) is 0 Å². The van der Waals surface area contributed by atoms with Crippen molar-refractivity contribution in [3.05, 3.63) is 42.2 Å². The highest BCUT2D eigenvalue weighted by molar-refractivity contribution is 5.94. The van der Waals surface area contributed by atoms with Gasteiger partial charge in [0, 0.05) is 52.1 Å². The molecular weight excluding hydrogens is 410 g/mol. The second-order valence-corrected chi connectivity index (χ2v) is 8.01. The number of rotatable bonds is 8. The number of amidine groups is 1. The standard InChI is InChI=1S/C22H29N7O3/c1-31-19-13-29(14-19)22-25-11-18(12-26-22)28-7-5-27(6-8-28)17-4-2-3-16(9-17)15-32-21(30)10-20(23)24/h2-4,9,11-12,19H,5-8,10,13-15H2,1H3,(H3,23,24). The van der Waals surface area contributed by atoms with Crippen LogP contribution in [0.4, 0.5) is 17.3 Å². The zero-order valence-corrected chi connectivity index (χ0v) is 18.2. The molecule has 0 amide bonds. The van der Waals surface area contributed by atoms with Crippen molar-refractivity contribution in [1.29, 1.82) is 5.41 Å². The van der Waals surface area contributed by atoms with E-state index in [-0.39, 0.29) is 25.0 Å². The highest BCUT2D eigenvalue weighted by Crippen LogP contribution is 2.23. The third kappa shape index (κ3) is 5.25. The Labute approximate surface area is 187 Å². The van der Waals surface area contributed by atoms with Crippen LogP contribution in [-0.2, 0) is 20.9 Å². The summed E-state index contributed by atoms with van der Waals surface area (Å²) in [7, 11) is 1.73. The largest absolute Gasteiger partial charge is 0.460 e. The Balaban J connectivity index is 1.28. The van der Waals surface area contributed by atoms with E-state index < -0.39 is 5.97 Å². The average molecular weight is 440 g/mol. The van der Waals surface area contributed by atoms with E-state index in [9.17, 15) is 4.79 Å². The molecule has 4 rings (SSSR count). The van der Waals surface area contributed by atoms with Gasteiger partial charge < -0.3 is 29.9 Å². The van der Waals surface area contributed by atoms with Crippen LogP contribution in [0.25, 0.3) is 0 Å². The number of carbonyl (C=O) groups excluding carboxylic acids is 1. The number of hydrogen-bond donors (Lipinski definition) is 2. The van der Waals surface area contributed by atoms with E-state index in [0.717, 1.165) is 62.2 Å². The number of benzene rings is 1. The Morgan fingerprint density at radius 2 is 1.75 bits per heavy atom. The minimum Gasteiger partial charge on any atom is -0.460 e. The number of aromatic nitrogens is 2. The lowest BCUT2D eigenvalue weighted by atomic mass is 10.1. The summed E-state index contributed by atoms with van der Waals surface area (Å²) < 4.78 is 10.5. The highest BCUT2D eigenvalue weighted by atomic mass is 16.5. The molecule has 2 aromatic rings. The Bertz CT molecular complexity index is 939. The summed E-state index contributed by atoms with van der Waals surface area (Å²) in [6, 6.07) is 7.99. The average Bonchev–Trinajstić information content (AvgIpc) is 2.77. The number of ether oxygens (including phenoxy) is 2. The molecule has 2 fully saturated rings. The van der Waals surface area contributed by atoms with Crippen LogP contribution in [0.2, 0.25) is 0 Å². The van der Waals surface area contributed by atoms with Gasteiger partial charge in [-0.15, -0.1) is 0 Å². The number of nitrogens with two attached hydrogens (primary N) is 1. The van der Waals surface area contributed by atoms with Crippen LogP contribution in [0.3, 0.4) is 0 Å². The number of carbonyl (C=O) groups is 1. The quantitative estimate of drug-likeness (QED) is 0.352. The Kier molecular flexibility index (Phi) is 6.69. The Morgan fingerprint density at radius 1 is 1.09 bits per heavy atom. The number of esters is 1. The highest BCUT2D eigenvalue weighted by Gasteiger charge is 2.28. The van der Waals surface area contributed by atoms with Crippen molar-refractivity contribution >= 4 is 29.1 Å². The van der Waals surface area contributed by atoms with Gasteiger partial charge in [0.15, 0.2) is 0 Å². The number of nitrogens with zero attached hydrogens (tertiary/aromatic N) is 5. The van der Waals surface area contributed by atoms with Crippen LogP contribution in [0.15, 0.2) is 36.7 Å².